The molecule has 98 valence electrons. The Kier molecular flexibility index (Phi) is 4.93. The monoisotopic (exact) mass is 349 g/mol. The highest BCUT2D eigenvalue weighted by Crippen LogP contribution is 2.25. The fourth-order valence-corrected chi connectivity index (χ4v) is 3.11. The highest BCUT2D eigenvalue weighted by atomic mass is 79.9. The molecule has 1 aliphatic carbocycles. The smallest absolute Gasteiger partial charge is 0.252 e. The molecule has 0 aromatic heterocycles. The van der Waals surface area contributed by atoms with E-state index in [9.17, 15) is 4.79 Å². The van der Waals surface area contributed by atoms with Crippen LogP contribution in [0, 0.1) is 0 Å². The first kappa shape index (κ1) is 14.2. The molecule has 0 heterocycles. The van der Waals surface area contributed by atoms with Crippen LogP contribution >= 0.6 is 39.1 Å². The van der Waals surface area contributed by atoms with Gasteiger partial charge in [0.15, 0.2) is 0 Å². The van der Waals surface area contributed by atoms with Crippen LogP contribution in [-0.2, 0) is 0 Å². The minimum absolute atomic E-state index is 0.0284. The van der Waals surface area contributed by atoms with Gasteiger partial charge in [-0.1, -0.05) is 24.4 Å². The summed E-state index contributed by atoms with van der Waals surface area (Å²) in [6.45, 7) is 0. The maximum Gasteiger partial charge on any atom is 0.252 e. The fourth-order valence-electron chi connectivity index (χ4n) is 2.17. The first-order valence-electron chi connectivity index (χ1n) is 5.98. The summed E-state index contributed by atoms with van der Waals surface area (Å²) in [5, 5.41) is 3.57. The highest BCUT2D eigenvalue weighted by Gasteiger charge is 2.25. The van der Waals surface area contributed by atoms with Gasteiger partial charge in [0.05, 0.1) is 10.9 Å². The van der Waals surface area contributed by atoms with Crippen LogP contribution in [0.3, 0.4) is 0 Å². The molecule has 1 saturated carbocycles. The van der Waals surface area contributed by atoms with Gasteiger partial charge in [0.1, 0.15) is 0 Å². The molecule has 2 atom stereocenters. The van der Waals surface area contributed by atoms with Crippen LogP contribution in [0.4, 0.5) is 0 Å². The molecule has 2 unspecified atom stereocenters. The molecule has 1 aliphatic rings. The van der Waals surface area contributed by atoms with Crippen molar-refractivity contribution in [3.63, 3.8) is 0 Å². The van der Waals surface area contributed by atoms with Crippen molar-refractivity contribution >= 4 is 45.0 Å². The number of nitrogens with one attached hydrogen (secondary N) is 1. The molecular weight excluding hydrogens is 337 g/mol. The Labute approximate surface area is 125 Å². The van der Waals surface area contributed by atoms with Crippen molar-refractivity contribution in [3.8, 4) is 0 Å². The second-order valence-electron chi connectivity index (χ2n) is 4.50. The zero-order chi connectivity index (χ0) is 13.1. The summed E-state index contributed by atoms with van der Waals surface area (Å²) >= 11 is 15.5. The number of carbonyl (C=O) groups excluding carboxylic acids is 1. The normalized spacial score (nSPS) is 23.7. The predicted molar refractivity (Wildman–Crippen MR) is 78.5 cm³/mol. The molecule has 1 amide bonds. The molecule has 0 aliphatic heterocycles. The van der Waals surface area contributed by atoms with E-state index in [1.165, 1.54) is 0 Å². The van der Waals surface area contributed by atoms with E-state index in [0.717, 1.165) is 30.2 Å². The third-order valence-electron chi connectivity index (χ3n) is 3.17. The zero-order valence-corrected chi connectivity index (χ0v) is 12.9. The maximum atomic E-state index is 12.2. The van der Waals surface area contributed by atoms with Crippen LogP contribution in [0.15, 0.2) is 22.7 Å². The van der Waals surface area contributed by atoms with E-state index in [1.807, 2.05) is 0 Å². The summed E-state index contributed by atoms with van der Waals surface area (Å²) in [5.74, 6) is -0.123. The Hall–Kier alpha value is -0.250. The van der Waals surface area contributed by atoms with Crippen molar-refractivity contribution in [3.05, 3.63) is 33.3 Å². The number of hydrogen-bond donors (Lipinski definition) is 1. The third-order valence-corrected chi connectivity index (χ3v) is 4.62. The standard InChI is InChI=1S/C13H14BrCl2NO/c14-10-6-5-8(15)7-9(10)13(18)17-12-4-2-1-3-11(12)16/h5-7,11-12H,1-4H2,(H,17,18). The van der Waals surface area contributed by atoms with Crippen LogP contribution < -0.4 is 5.32 Å². The second kappa shape index (κ2) is 6.27. The predicted octanol–water partition coefficient (Wildman–Crippen LogP) is 4.38. The Morgan fingerprint density at radius 3 is 2.78 bits per heavy atom. The number of alkyl halides is 1. The number of benzene rings is 1. The Balaban J connectivity index is 2.09. The zero-order valence-electron chi connectivity index (χ0n) is 9.76. The molecule has 2 rings (SSSR count). The quantitative estimate of drug-likeness (QED) is 0.788. The van der Waals surface area contributed by atoms with Gasteiger partial charge in [-0.3, -0.25) is 4.79 Å². The van der Waals surface area contributed by atoms with Crippen molar-refractivity contribution in [2.75, 3.05) is 0 Å². The topological polar surface area (TPSA) is 29.1 Å². The Morgan fingerprint density at radius 2 is 2.06 bits per heavy atom. The largest absolute Gasteiger partial charge is 0.348 e. The summed E-state index contributed by atoms with van der Waals surface area (Å²) in [6, 6.07) is 5.23. The van der Waals surface area contributed by atoms with Gasteiger partial charge in [-0.05, 0) is 47.0 Å². The molecule has 0 bridgehead atoms. The van der Waals surface area contributed by atoms with Gasteiger partial charge in [-0.25, -0.2) is 0 Å². The van der Waals surface area contributed by atoms with E-state index in [0.29, 0.717) is 10.6 Å². The second-order valence-corrected chi connectivity index (χ2v) is 6.36. The maximum absolute atomic E-state index is 12.2. The van der Waals surface area contributed by atoms with Crippen molar-refractivity contribution in [1.82, 2.24) is 5.32 Å². The van der Waals surface area contributed by atoms with E-state index >= 15 is 0 Å². The van der Waals surface area contributed by atoms with Crippen LogP contribution in [0.1, 0.15) is 36.0 Å². The van der Waals surface area contributed by atoms with Crippen molar-refractivity contribution in [2.45, 2.75) is 37.1 Å². The lowest BCUT2D eigenvalue weighted by Crippen LogP contribution is -2.42. The highest BCUT2D eigenvalue weighted by molar-refractivity contribution is 9.10. The average molecular weight is 351 g/mol. The van der Waals surface area contributed by atoms with Crippen LogP contribution in [-0.4, -0.2) is 17.3 Å². The number of amides is 1. The van der Waals surface area contributed by atoms with Gasteiger partial charge in [0, 0.05) is 15.5 Å². The van der Waals surface area contributed by atoms with E-state index in [4.69, 9.17) is 23.2 Å². The van der Waals surface area contributed by atoms with Gasteiger partial charge >= 0.3 is 0 Å². The average Bonchev–Trinajstić information content (AvgIpc) is 2.35. The SMILES string of the molecule is O=C(NC1CCCCC1Cl)c1cc(Cl)ccc1Br. The van der Waals surface area contributed by atoms with Crippen LogP contribution in [0.5, 0.6) is 0 Å². The lowest BCUT2D eigenvalue weighted by atomic mass is 9.94. The Morgan fingerprint density at radius 1 is 1.33 bits per heavy atom. The molecule has 0 spiro atoms. The van der Waals surface area contributed by atoms with Crippen molar-refractivity contribution < 1.29 is 4.79 Å². The summed E-state index contributed by atoms with van der Waals surface area (Å²) in [6.07, 6.45) is 4.16. The minimum Gasteiger partial charge on any atom is -0.348 e. The number of carbonyl (C=O) groups is 1. The van der Waals surface area contributed by atoms with Gasteiger partial charge in [0.2, 0.25) is 0 Å². The van der Waals surface area contributed by atoms with Crippen LogP contribution in [0.2, 0.25) is 5.02 Å². The number of rotatable bonds is 2. The summed E-state index contributed by atoms with van der Waals surface area (Å²) in [5.41, 5.74) is 0.553. The van der Waals surface area contributed by atoms with E-state index in [1.54, 1.807) is 18.2 Å². The molecule has 1 fully saturated rings. The molecule has 1 N–H and O–H groups in total. The molecule has 1 aromatic rings. The minimum atomic E-state index is -0.123. The molecule has 2 nitrogen and oxygen atoms in total. The molecule has 0 radical (unpaired) electrons. The summed E-state index contributed by atoms with van der Waals surface area (Å²) in [7, 11) is 0. The van der Waals surface area contributed by atoms with Crippen molar-refractivity contribution in [1.29, 1.82) is 0 Å². The molecule has 1 aromatic carbocycles. The van der Waals surface area contributed by atoms with E-state index < -0.39 is 0 Å². The van der Waals surface area contributed by atoms with E-state index in [2.05, 4.69) is 21.2 Å². The number of halogens is 3. The van der Waals surface area contributed by atoms with Gasteiger partial charge in [-0.2, -0.15) is 0 Å². The van der Waals surface area contributed by atoms with Gasteiger partial charge in [0.25, 0.3) is 5.91 Å². The van der Waals surface area contributed by atoms with Crippen molar-refractivity contribution in [2.24, 2.45) is 0 Å². The molecule has 18 heavy (non-hydrogen) atoms. The van der Waals surface area contributed by atoms with E-state index in [-0.39, 0.29) is 17.3 Å². The first-order valence-corrected chi connectivity index (χ1v) is 7.58. The van der Waals surface area contributed by atoms with Gasteiger partial charge < -0.3 is 5.32 Å². The fraction of sp³-hybridized carbons (Fsp3) is 0.462. The van der Waals surface area contributed by atoms with Crippen LogP contribution in [0.25, 0.3) is 0 Å². The lowest BCUT2D eigenvalue weighted by molar-refractivity contribution is 0.0928. The third kappa shape index (κ3) is 3.40. The first-order chi connectivity index (χ1) is 8.58. The molecular formula is C13H14BrCl2NO. The van der Waals surface area contributed by atoms with Gasteiger partial charge in [-0.15, -0.1) is 11.6 Å². The summed E-state index contributed by atoms with van der Waals surface area (Å²) in [4.78, 5) is 12.2. The Bertz CT molecular complexity index is 453. The molecule has 0 saturated heterocycles. The summed E-state index contributed by atoms with van der Waals surface area (Å²) < 4.78 is 0.742. The number of hydrogen-bond acceptors (Lipinski definition) is 1. The lowest BCUT2D eigenvalue weighted by Gasteiger charge is -2.28. The molecule has 5 heteroatoms.